The Kier molecular flexibility index (Phi) is 4.99. The van der Waals surface area contributed by atoms with Crippen molar-refractivity contribution in [3.05, 3.63) is 6.07 Å². The second-order valence-electron chi connectivity index (χ2n) is 2.91. The standard InChI is InChI=1S/C8H16N6S/c1-15-4-2-3-11-6-5-7(14-10)13-8(9)12-6/h5H,2-4,10H2,1H3,(H4,9,11,12,13,14). The molecule has 6 nitrogen and oxygen atoms in total. The molecule has 0 bridgehead atoms. The highest BCUT2D eigenvalue weighted by atomic mass is 32.2. The Bertz CT molecular complexity index is 305. The smallest absolute Gasteiger partial charge is 0.223 e. The Labute approximate surface area is 93.2 Å². The highest BCUT2D eigenvalue weighted by Gasteiger charge is 1.99. The number of hydrazine groups is 1. The normalized spacial score (nSPS) is 10.0. The molecule has 0 spiro atoms. The lowest BCUT2D eigenvalue weighted by Gasteiger charge is -2.07. The largest absolute Gasteiger partial charge is 0.370 e. The van der Waals surface area contributed by atoms with E-state index in [1.807, 2.05) is 11.8 Å². The first-order valence-corrected chi connectivity index (χ1v) is 5.99. The van der Waals surface area contributed by atoms with Crippen LogP contribution < -0.4 is 22.3 Å². The molecule has 0 saturated heterocycles. The van der Waals surface area contributed by atoms with Gasteiger partial charge in [0, 0.05) is 12.6 Å². The van der Waals surface area contributed by atoms with Crippen LogP contribution in [0, 0.1) is 0 Å². The molecule has 0 saturated carbocycles. The van der Waals surface area contributed by atoms with Crippen LogP contribution in [0.25, 0.3) is 0 Å². The van der Waals surface area contributed by atoms with Crippen molar-refractivity contribution in [2.75, 3.05) is 35.0 Å². The minimum Gasteiger partial charge on any atom is -0.370 e. The van der Waals surface area contributed by atoms with Crippen molar-refractivity contribution in [1.29, 1.82) is 0 Å². The van der Waals surface area contributed by atoms with E-state index in [-0.39, 0.29) is 5.95 Å². The molecule has 0 amide bonds. The van der Waals surface area contributed by atoms with Gasteiger partial charge in [-0.15, -0.1) is 0 Å². The summed E-state index contributed by atoms with van der Waals surface area (Å²) < 4.78 is 0. The summed E-state index contributed by atoms with van der Waals surface area (Å²) in [6.07, 6.45) is 3.16. The van der Waals surface area contributed by atoms with Crippen LogP contribution >= 0.6 is 11.8 Å². The first kappa shape index (κ1) is 11.9. The summed E-state index contributed by atoms with van der Waals surface area (Å²) in [6.45, 7) is 0.862. The van der Waals surface area contributed by atoms with Crippen LogP contribution in [0.15, 0.2) is 6.07 Å². The van der Waals surface area contributed by atoms with Crippen LogP contribution in [0.3, 0.4) is 0 Å². The Morgan fingerprint density at radius 2 is 2.13 bits per heavy atom. The Morgan fingerprint density at radius 3 is 2.80 bits per heavy atom. The molecule has 1 aromatic heterocycles. The zero-order valence-corrected chi connectivity index (χ0v) is 9.47. The monoisotopic (exact) mass is 228 g/mol. The van der Waals surface area contributed by atoms with E-state index >= 15 is 0 Å². The minimum absolute atomic E-state index is 0.206. The van der Waals surface area contributed by atoms with E-state index in [2.05, 4.69) is 27.0 Å². The highest BCUT2D eigenvalue weighted by molar-refractivity contribution is 7.98. The van der Waals surface area contributed by atoms with Crippen LogP contribution in [0.4, 0.5) is 17.6 Å². The SMILES string of the molecule is CSCCCNc1cc(NN)nc(N)n1. The van der Waals surface area contributed by atoms with Gasteiger partial charge in [0.05, 0.1) is 0 Å². The van der Waals surface area contributed by atoms with Crippen LogP contribution in [-0.2, 0) is 0 Å². The molecule has 0 atom stereocenters. The first-order valence-electron chi connectivity index (χ1n) is 4.60. The van der Waals surface area contributed by atoms with Crippen molar-refractivity contribution in [2.24, 2.45) is 5.84 Å². The van der Waals surface area contributed by atoms with Gasteiger partial charge < -0.3 is 16.5 Å². The maximum atomic E-state index is 5.50. The molecule has 6 N–H and O–H groups in total. The first-order chi connectivity index (χ1) is 7.26. The predicted molar refractivity (Wildman–Crippen MR) is 65.7 cm³/mol. The zero-order valence-electron chi connectivity index (χ0n) is 8.66. The molecular formula is C8H16N6S. The number of nitrogens with two attached hydrogens (primary N) is 2. The summed E-state index contributed by atoms with van der Waals surface area (Å²) in [4.78, 5) is 7.92. The molecule has 0 fully saturated rings. The van der Waals surface area contributed by atoms with E-state index in [1.54, 1.807) is 6.07 Å². The third-order valence-electron chi connectivity index (χ3n) is 1.72. The lowest BCUT2D eigenvalue weighted by atomic mass is 10.4. The van der Waals surface area contributed by atoms with Crippen LogP contribution in [-0.4, -0.2) is 28.5 Å². The summed E-state index contributed by atoms with van der Waals surface area (Å²) >= 11 is 1.82. The van der Waals surface area contributed by atoms with Gasteiger partial charge in [0.25, 0.3) is 0 Å². The highest BCUT2D eigenvalue weighted by Crippen LogP contribution is 2.11. The molecule has 0 aliphatic heterocycles. The molecule has 1 aromatic rings. The number of aromatic nitrogens is 2. The summed E-state index contributed by atoms with van der Waals surface area (Å²) in [5.41, 5.74) is 7.94. The second kappa shape index (κ2) is 6.31. The van der Waals surface area contributed by atoms with Gasteiger partial charge in [0.2, 0.25) is 5.95 Å². The van der Waals surface area contributed by atoms with Gasteiger partial charge in [-0.2, -0.15) is 21.7 Å². The molecule has 0 aliphatic rings. The van der Waals surface area contributed by atoms with Crippen LogP contribution in [0.1, 0.15) is 6.42 Å². The fourth-order valence-corrected chi connectivity index (χ4v) is 1.50. The number of hydrogen-bond donors (Lipinski definition) is 4. The fraction of sp³-hybridized carbons (Fsp3) is 0.500. The van der Waals surface area contributed by atoms with Gasteiger partial charge in [-0.1, -0.05) is 0 Å². The minimum atomic E-state index is 0.206. The van der Waals surface area contributed by atoms with E-state index in [9.17, 15) is 0 Å². The van der Waals surface area contributed by atoms with Gasteiger partial charge in [-0.05, 0) is 18.4 Å². The quantitative estimate of drug-likeness (QED) is 0.319. The maximum Gasteiger partial charge on any atom is 0.223 e. The lowest BCUT2D eigenvalue weighted by molar-refractivity contribution is 0.978. The van der Waals surface area contributed by atoms with Gasteiger partial charge in [0.1, 0.15) is 11.6 Å². The summed E-state index contributed by atoms with van der Waals surface area (Å²) in [5, 5.41) is 3.16. The topological polar surface area (TPSA) is 102 Å². The molecule has 0 unspecified atom stereocenters. The summed E-state index contributed by atoms with van der Waals surface area (Å²) in [7, 11) is 0. The van der Waals surface area contributed by atoms with Gasteiger partial charge in [-0.25, -0.2) is 5.84 Å². The number of nitrogens with one attached hydrogen (secondary N) is 2. The molecule has 0 aliphatic carbocycles. The molecule has 15 heavy (non-hydrogen) atoms. The molecule has 1 heterocycles. The third kappa shape index (κ3) is 4.22. The lowest BCUT2D eigenvalue weighted by Crippen LogP contribution is -2.12. The van der Waals surface area contributed by atoms with E-state index in [4.69, 9.17) is 11.6 Å². The Morgan fingerprint density at radius 1 is 1.40 bits per heavy atom. The molecule has 0 aromatic carbocycles. The number of rotatable bonds is 6. The summed E-state index contributed by atoms with van der Waals surface area (Å²) in [6, 6.07) is 1.72. The zero-order chi connectivity index (χ0) is 11.1. The van der Waals surface area contributed by atoms with Crippen molar-refractivity contribution < 1.29 is 0 Å². The van der Waals surface area contributed by atoms with E-state index < -0.39 is 0 Å². The van der Waals surface area contributed by atoms with Gasteiger partial charge >= 0.3 is 0 Å². The van der Waals surface area contributed by atoms with Crippen LogP contribution in [0.5, 0.6) is 0 Å². The molecule has 7 heteroatoms. The van der Waals surface area contributed by atoms with E-state index in [1.165, 1.54) is 0 Å². The Hall–Kier alpha value is -1.21. The van der Waals surface area contributed by atoms with Crippen molar-refractivity contribution in [2.45, 2.75) is 6.42 Å². The maximum absolute atomic E-state index is 5.50. The fourth-order valence-electron chi connectivity index (χ4n) is 1.06. The predicted octanol–water partition coefficient (Wildman–Crippen LogP) is 0.509. The van der Waals surface area contributed by atoms with Crippen molar-refractivity contribution in [3.8, 4) is 0 Å². The van der Waals surface area contributed by atoms with E-state index in [0.29, 0.717) is 11.6 Å². The Balaban J connectivity index is 2.49. The molecule has 0 radical (unpaired) electrons. The number of nitrogen functional groups attached to an aromatic ring is 2. The summed E-state index contributed by atoms with van der Waals surface area (Å²) in [5.74, 6) is 7.76. The molecular weight excluding hydrogens is 212 g/mol. The van der Waals surface area contributed by atoms with Crippen molar-refractivity contribution in [3.63, 3.8) is 0 Å². The van der Waals surface area contributed by atoms with Crippen molar-refractivity contribution >= 4 is 29.3 Å². The molecule has 1 rings (SSSR count). The number of nitrogens with zero attached hydrogens (tertiary/aromatic N) is 2. The average Bonchev–Trinajstić information content (AvgIpc) is 2.23. The number of hydrogen-bond acceptors (Lipinski definition) is 7. The van der Waals surface area contributed by atoms with Gasteiger partial charge in [-0.3, -0.25) is 0 Å². The van der Waals surface area contributed by atoms with Crippen LogP contribution in [0.2, 0.25) is 0 Å². The number of anilines is 3. The third-order valence-corrected chi connectivity index (χ3v) is 2.42. The average molecular weight is 228 g/mol. The molecule has 84 valence electrons. The number of thioether (sulfide) groups is 1. The van der Waals surface area contributed by atoms with Crippen molar-refractivity contribution in [1.82, 2.24) is 9.97 Å². The van der Waals surface area contributed by atoms with Gasteiger partial charge in [0.15, 0.2) is 0 Å². The second-order valence-corrected chi connectivity index (χ2v) is 3.90. The van der Waals surface area contributed by atoms with E-state index in [0.717, 1.165) is 18.7 Å².